The summed E-state index contributed by atoms with van der Waals surface area (Å²) in [5, 5.41) is 0. The molecule has 1 heterocycles. The molecule has 0 atom stereocenters. The summed E-state index contributed by atoms with van der Waals surface area (Å²) in [6.07, 6.45) is 2.54. The van der Waals surface area contributed by atoms with E-state index in [1.165, 1.54) is 24.2 Å². The SMILES string of the molecule is CC(C)(N)Cn1c(C2CC2)nc2ccccc21. The molecule has 0 spiro atoms. The molecule has 0 saturated heterocycles. The van der Waals surface area contributed by atoms with E-state index < -0.39 is 0 Å². The molecule has 0 bridgehead atoms. The van der Waals surface area contributed by atoms with Crippen LogP contribution in [0, 0.1) is 0 Å². The van der Waals surface area contributed by atoms with Gasteiger partial charge in [-0.15, -0.1) is 0 Å². The van der Waals surface area contributed by atoms with E-state index in [-0.39, 0.29) is 5.54 Å². The molecule has 3 heteroatoms. The van der Waals surface area contributed by atoms with E-state index in [0.717, 1.165) is 12.1 Å². The monoisotopic (exact) mass is 229 g/mol. The number of rotatable bonds is 3. The van der Waals surface area contributed by atoms with Gasteiger partial charge < -0.3 is 10.3 Å². The second-order valence-corrected chi connectivity index (χ2v) is 5.81. The van der Waals surface area contributed by atoms with Crippen LogP contribution in [0.3, 0.4) is 0 Å². The van der Waals surface area contributed by atoms with Crippen LogP contribution in [0.15, 0.2) is 24.3 Å². The van der Waals surface area contributed by atoms with Gasteiger partial charge in [0.15, 0.2) is 0 Å². The van der Waals surface area contributed by atoms with E-state index >= 15 is 0 Å². The first-order chi connectivity index (χ1) is 8.04. The summed E-state index contributed by atoms with van der Waals surface area (Å²) in [5.41, 5.74) is 8.27. The molecule has 0 unspecified atom stereocenters. The number of benzene rings is 1. The fourth-order valence-electron chi connectivity index (χ4n) is 2.32. The lowest BCUT2D eigenvalue weighted by atomic mass is 10.1. The number of imidazole rings is 1. The number of aromatic nitrogens is 2. The van der Waals surface area contributed by atoms with Crippen molar-refractivity contribution in [1.82, 2.24) is 9.55 Å². The highest BCUT2D eigenvalue weighted by Crippen LogP contribution is 2.40. The fraction of sp³-hybridized carbons (Fsp3) is 0.500. The molecule has 17 heavy (non-hydrogen) atoms. The molecule has 1 aromatic heterocycles. The lowest BCUT2D eigenvalue weighted by Gasteiger charge is -2.21. The molecular weight excluding hydrogens is 210 g/mol. The Balaban J connectivity index is 2.14. The van der Waals surface area contributed by atoms with Crippen molar-refractivity contribution in [2.24, 2.45) is 5.73 Å². The van der Waals surface area contributed by atoms with Crippen molar-refractivity contribution in [3.05, 3.63) is 30.1 Å². The van der Waals surface area contributed by atoms with Gasteiger partial charge in [-0.1, -0.05) is 12.1 Å². The first-order valence-corrected chi connectivity index (χ1v) is 6.29. The van der Waals surface area contributed by atoms with Crippen LogP contribution in [0.2, 0.25) is 0 Å². The Morgan fingerprint density at radius 2 is 2.06 bits per heavy atom. The summed E-state index contributed by atoms with van der Waals surface area (Å²) >= 11 is 0. The Labute approximate surface area is 102 Å². The Morgan fingerprint density at radius 3 is 2.71 bits per heavy atom. The predicted octanol–water partition coefficient (Wildman–Crippen LogP) is 2.65. The van der Waals surface area contributed by atoms with Crippen LogP contribution in [0.5, 0.6) is 0 Å². The molecular formula is C14H19N3. The van der Waals surface area contributed by atoms with Crippen LogP contribution in [-0.4, -0.2) is 15.1 Å². The van der Waals surface area contributed by atoms with Crippen LogP contribution in [0.4, 0.5) is 0 Å². The summed E-state index contributed by atoms with van der Waals surface area (Å²) in [6, 6.07) is 8.34. The van der Waals surface area contributed by atoms with Crippen molar-refractivity contribution >= 4 is 11.0 Å². The number of nitrogens with zero attached hydrogens (tertiary/aromatic N) is 2. The maximum absolute atomic E-state index is 6.16. The molecule has 90 valence electrons. The zero-order valence-corrected chi connectivity index (χ0v) is 10.5. The number of fused-ring (bicyclic) bond motifs is 1. The minimum atomic E-state index is -0.201. The van der Waals surface area contributed by atoms with Gasteiger partial charge in [0.2, 0.25) is 0 Å². The summed E-state index contributed by atoms with van der Waals surface area (Å²) in [4.78, 5) is 4.77. The third-order valence-electron chi connectivity index (χ3n) is 3.19. The molecule has 0 amide bonds. The zero-order chi connectivity index (χ0) is 12.0. The Morgan fingerprint density at radius 1 is 1.35 bits per heavy atom. The van der Waals surface area contributed by atoms with Gasteiger partial charge in [-0.05, 0) is 38.8 Å². The maximum atomic E-state index is 6.16. The summed E-state index contributed by atoms with van der Waals surface area (Å²) < 4.78 is 2.31. The van der Waals surface area contributed by atoms with Gasteiger partial charge in [0.1, 0.15) is 5.82 Å². The number of hydrogen-bond donors (Lipinski definition) is 1. The molecule has 2 N–H and O–H groups in total. The highest BCUT2D eigenvalue weighted by Gasteiger charge is 2.30. The minimum absolute atomic E-state index is 0.201. The standard InChI is InChI=1S/C14H19N3/c1-14(2,15)9-17-12-6-4-3-5-11(12)16-13(17)10-7-8-10/h3-6,10H,7-9,15H2,1-2H3. The average Bonchev–Trinajstić information content (AvgIpc) is 3.02. The van der Waals surface area contributed by atoms with Crippen LogP contribution < -0.4 is 5.73 Å². The van der Waals surface area contributed by atoms with Crippen LogP contribution in [0.25, 0.3) is 11.0 Å². The summed E-state index contributed by atoms with van der Waals surface area (Å²) in [7, 11) is 0. The van der Waals surface area contributed by atoms with Crippen molar-refractivity contribution < 1.29 is 0 Å². The van der Waals surface area contributed by atoms with Gasteiger partial charge in [0.25, 0.3) is 0 Å². The Bertz CT molecular complexity index is 544. The third kappa shape index (κ3) is 2.07. The normalized spacial score (nSPS) is 16.6. The topological polar surface area (TPSA) is 43.8 Å². The molecule has 1 aromatic carbocycles. The fourth-order valence-corrected chi connectivity index (χ4v) is 2.32. The highest BCUT2D eigenvalue weighted by molar-refractivity contribution is 5.76. The Kier molecular flexibility index (Phi) is 2.26. The van der Waals surface area contributed by atoms with Crippen LogP contribution >= 0.6 is 0 Å². The van der Waals surface area contributed by atoms with E-state index in [2.05, 4.69) is 36.6 Å². The highest BCUT2D eigenvalue weighted by atomic mass is 15.1. The van der Waals surface area contributed by atoms with E-state index in [1.807, 2.05) is 6.07 Å². The molecule has 1 aliphatic rings. The van der Waals surface area contributed by atoms with E-state index in [4.69, 9.17) is 10.7 Å². The lowest BCUT2D eigenvalue weighted by Crippen LogP contribution is -2.37. The van der Waals surface area contributed by atoms with Crippen LogP contribution in [-0.2, 0) is 6.54 Å². The van der Waals surface area contributed by atoms with Gasteiger partial charge in [-0.2, -0.15) is 0 Å². The largest absolute Gasteiger partial charge is 0.326 e. The van der Waals surface area contributed by atoms with Crippen molar-refractivity contribution in [3.8, 4) is 0 Å². The first kappa shape index (κ1) is 10.8. The summed E-state index contributed by atoms with van der Waals surface area (Å²) in [5.74, 6) is 1.88. The quantitative estimate of drug-likeness (QED) is 0.879. The van der Waals surface area contributed by atoms with Gasteiger partial charge in [-0.3, -0.25) is 0 Å². The molecule has 3 nitrogen and oxygen atoms in total. The second-order valence-electron chi connectivity index (χ2n) is 5.81. The zero-order valence-electron chi connectivity index (χ0n) is 10.5. The van der Waals surface area contributed by atoms with Crippen molar-refractivity contribution in [2.45, 2.75) is 44.7 Å². The average molecular weight is 229 g/mol. The molecule has 0 aliphatic heterocycles. The van der Waals surface area contributed by atoms with Crippen LogP contribution in [0.1, 0.15) is 38.4 Å². The minimum Gasteiger partial charge on any atom is -0.326 e. The smallest absolute Gasteiger partial charge is 0.113 e. The van der Waals surface area contributed by atoms with Crippen molar-refractivity contribution in [2.75, 3.05) is 0 Å². The summed E-state index contributed by atoms with van der Waals surface area (Å²) in [6.45, 7) is 4.97. The van der Waals surface area contributed by atoms with Gasteiger partial charge in [0, 0.05) is 18.0 Å². The molecule has 0 radical (unpaired) electrons. The lowest BCUT2D eigenvalue weighted by molar-refractivity contribution is 0.432. The van der Waals surface area contributed by atoms with Crippen molar-refractivity contribution in [3.63, 3.8) is 0 Å². The molecule has 1 saturated carbocycles. The molecule has 2 aromatic rings. The molecule has 3 rings (SSSR count). The maximum Gasteiger partial charge on any atom is 0.113 e. The molecule has 1 fully saturated rings. The second kappa shape index (κ2) is 3.57. The third-order valence-corrected chi connectivity index (χ3v) is 3.19. The van der Waals surface area contributed by atoms with E-state index in [0.29, 0.717) is 5.92 Å². The van der Waals surface area contributed by atoms with E-state index in [9.17, 15) is 0 Å². The van der Waals surface area contributed by atoms with Gasteiger partial charge in [-0.25, -0.2) is 4.98 Å². The number of hydrogen-bond acceptors (Lipinski definition) is 2. The predicted molar refractivity (Wildman–Crippen MR) is 70.0 cm³/mol. The van der Waals surface area contributed by atoms with Gasteiger partial charge in [0.05, 0.1) is 11.0 Å². The van der Waals surface area contributed by atoms with Gasteiger partial charge >= 0.3 is 0 Å². The first-order valence-electron chi connectivity index (χ1n) is 6.29. The van der Waals surface area contributed by atoms with Crippen molar-refractivity contribution in [1.29, 1.82) is 0 Å². The number of nitrogens with two attached hydrogens (primary N) is 1. The molecule has 1 aliphatic carbocycles. The Hall–Kier alpha value is -1.35. The number of para-hydroxylation sites is 2. The van der Waals surface area contributed by atoms with E-state index in [1.54, 1.807) is 0 Å².